The van der Waals surface area contributed by atoms with Crippen molar-refractivity contribution in [3.63, 3.8) is 0 Å². The molecule has 1 heterocycles. The van der Waals surface area contributed by atoms with Gasteiger partial charge in [-0.3, -0.25) is 4.90 Å². The Morgan fingerprint density at radius 3 is 2.32 bits per heavy atom. The van der Waals surface area contributed by atoms with Crippen molar-refractivity contribution in [2.45, 2.75) is 31.7 Å². The van der Waals surface area contributed by atoms with Crippen LogP contribution in [0.5, 0.6) is 0 Å². The van der Waals surface area contributed by atoms with E-state index in [1.165, 1.54) is 24.8 Å². The highest BCUT2D eigenvalue weighted by atomic mass is 15.2. The maximum Gasteiger partial charge on any atom is 0.0994 e. The Labute approximate surface area is 133 Å². The molecular formula is C20H22N2. The fourth-order valence-electron chi connectivity index (χ4n) is 3.38. The summed E-state index contributed by atoms with van der Waals surface area (Å²) < 4.78 is 0. The highest BCUT2D eigenvalue weighted by molar-refractivity contribution is 5.38. The van der Waals surface area contributed by atoms with Crippen molar-refractivity contribution >= 4 is 0 Å². The molecule has 112 valence electrons. The summed E-state index contributed by atoms with van der Waals surface area (Å²) in [5, 5.41) is 9.35. The molecule has 1 fully saturated rings. The van der Waals surface area contributed by atoms with Gasteiger partial charge in [0.1, 0.15) is 0 Å². The third-order valence-corrected chi connectivity index (χ3v) is 4.57. The Kier molecular flexibility index (Phi) is 4.88. The van der Waals surface area contributed by atoms with Crippen molar-refractivity contribution in [3.05, 3.63) is 71.3 Å². The first-order chi connectivity index (χ1) is 10.9. The number of nitriles is 1. The van der Waals surface area contributed by atoms with Crippen LogP contribution in [0.1, 0.15) is 42.0 Å². The Hall–Kier alpha value is -2.11. The van der Waals surface area contributed by atoms with Crippen LogP contribution in [-0.2, 0) is 6.42 Å². The molecule has 22 heavy (non-hydrogen) atoms. The number of likely N-dealkylation sites (tertiary alicyclic amines) is 1. The van der Waals surface area contributed by atoms with Crippen molar-refractivity contribution in [1.82, 2.24) is 4.90 Å². The molecule has 0 bridgehead atoms. The second-order valence-electron chi connectivity index (χ2n) is 6.00. The molecule has 1 atom stereocenters. The number of rotatable bonds is 4. The van der Waals surface area contributed by atoms with Crippen molar-refractivity contribution in [2.75, 3.05) is 13.1 Å². The molecule has 2 aromatic rings. The highest BCUT2D eigenvalue weighted by Gasteiger charge is 2.23. The third kappa shape index (κ3) is 3.37. The topological polar surface area (TPSA) is 27.0 Å². The summed E-state index contributed by atoms with van der Waals surface area (Å²) in [6.45, 7) is 2.32. The number of benzene rings is 2. The van der Waals surface area contributed by atoms with E-state index in [1.54, 1.807) is 0 Å². The van der Waals surface area contributed by atoms with Gasteiger partial charge in [-0.2, -0.15) is 5.26 Å². The summed E-state index contributed by atoms with van der Waals surface area (Å²) in [4.78, 5) is 2.59. The lowest BCUT2D eigenvalue weighted by atomic mass is 9.93. The van der Waals surface area contributed by atoms with E-state index >= 15 is 0 Å². The monoisotopic (exact) mass is 290 g/mol. The second kappa shape index (κ2) is 7.24. The largest absolute Gasteiger partial charge is 0.296 e. The number of piperidine rings is 1. The van der Waals surface area contributed by atoms with Crippen molar-refractivity contribution in [1.29, 1.82) is 5.26 Å². The smallest absolute Gasteiger partial charge is 0.0994 e. The molecular weight excluding hydrogens is 268 g/mol. The first-order valence-electron chi connectivity index (χ1n) is 8.15. The van der Waals surface area contributed by atoms with Crippen LogP contribution in [-0.4, -0.2) is 18.0 Å². The van der Waals surface area contributed by atoms with Crippen molar-refractivity contribution < 1.29 is 0 Å². The van der Waals surface area contributed by atoms with Gasteiger partial charge in [-0.05, 0) is 49.5 Å². The van der Waals surface area contributed by atoms with Gasteiger partial charge in [-0.15, -0.1) is 0 Å². The van der Waals surface area contributed by atoms with Gasteiger partial charge < -0.3 is 0 Å². The molecule has 3 rings (SSSR count). The lowest BCUT2D eigenvalue weighted by Crippen LogP contribution is -2.35. The van der Waals surface area contributed by atoms with Gasteiger partial charge in [-0.25, -0.2) is 0 Å². The average Bonchev–Trinajstić information content (AvgIpc) is 2.61. The van der Waals surface area contributed by atoms with E-state index in [2.05, 4.69) is 47.4 Å². The van der Waals surface area contributed by atoms with Gasteiger partial charge in [0.2, 0.25) is 0 Å². The minimum Gasteiger partial charge on any atom is -0.296 e. The average molecular weight is 290 g/mol. The standard InChI is InChI=1S/C20H22N2/c21-16-19-12-6-5-11-18(19)15-20(17-9-3-1-4-10-17)22-13-7-2-8-14-22/h1,3-6,9-12,20H,2,7-8,13-15H2. The normalized spacial score (nSPS) is 16.9. The number of nitrogens with zero attached hydrogens (tertiary/aromatic N) is 2. The summed E-state index contributed by atoms with van der Waals surface area (Å²) in [6.07, 6.45) is 4.81. The summed E-state index contributed by atoms with van der Waals surface area (Å²) in [7, 11) is 0. The van der Waals surface area contributed by atoms with E-state index in [-0.39, 0.29) is 0 Å². The molecule has 1 aliphatic heterocycles. The van der Waals surface area contributed by atoms with Crippen LogP contribution >= 0.6 is 0 Å². The first kappa shape index (κ1) is 14.8. The zero-order valence-corrected chi connectivity index (χ0v) is 12.9. The van der Waals surface area contributed by atoms with Gasteiger partial charge in [0.05, 0.1) is 11.6 Å². The Morgan fingerprint density at radius 1 is 0.909 bits per heavy atom. The highest BCUT2D eigenvalue weighted by Crippen LogP contribution is 2.29. The maximum absolute atomic E-state index is 9.35. The Morgan fingerprint density at radius 2 is 1.59 bits per heavy atom. The molecule has 2 aromatic carbocycles. The van der Waals surface area contributed by atoms with E-state index in [4.69, 9.17) is 0 Å². The van der Waals surface area contributed by atoms with Crippen LogP contribution in [0.2, 0.25) is 0 Å². The molecule has 2 heteroatoms. The molecule has 0 saturated carbocycles. The minimum atomic E-state index is 0.371. The fraction of sp³-hybridized carbons (Fsp3) is 0.350. The van der Waals surface area contributed by atoms with E-state index in [1.807, 2.05) is 18.2 Å². The summed E-state index contributed by atoms with van der Waals surface area (Å²) >= 11 is 0. The zero-order valence-electron chi connectivity index (χ0n) is 12.9. The second-order valence-corrected chi connectivity index (χ2v) is 6.00. The van der Waals surface area contributed by atoms with Crippen LogP contribution in [0, 0.1) is 11.3 Å². The van der Waals surface area contributed by atoms with E-state index in [9.17, 15) is 5.26 Å². The van der Waals surface area contributed by atoms with Gasteiger partial charge in [0, 0.05) is 6.04 Å². The maximum atomic E-state index is 9.35. The van der Waals surface area contributed by atoms with Gasteiger partial charge in [0.25, 0.3) is 0 Å². The molecule has 2 nitrogen and oxygen atoms in total. The van der Waals surface area contributed by atoms with Gasteiger partial charge in [-0.1, -0.05) is 55.0 Å². The van der Waals surface area contributed by atoms with E-state index < -0.39 is 0 Å². The number of hydrogen-bond donors (Lipinski definition) is 0. The van der Waals surface area contributed by atoms with Gasteiger partial charge >= 0.3 is 0 Å². The Bertz CT molecular complexity index is 636. The van der Waals surface area contributed by atoms with Crippen LogP contribution in [0.3, 0.4) is 0 Å². The quantitative estimate of drug-likeness (QED) is 0.838. The molecule has 0 N–H and O–H groups in total. The van der Waals surface area contributed by atoms with E-state index in [0.29, 0.717) is 6.04 Å². The molecule has 1 saturated heterocycles. The first-order valence-corrected chi connectivity index (χ1v) is 8.15. The van der Waals surface area contributed by atoms with Crippen LogP contribution < -0.4 is 0 Å². The van der Waals surface area contributed by atoms with E-state index in [0.717, 1.165) is 30.6 Å². The van der Waals surface area contributed by atoms with Crippen molar-refractivity contribution in [3.8, 4) is 6.07 Å². The van der Waals surface area contributed by atoms with Gasteiger partial charge in [0.15, 0.2) is 0 Å². The van der Waals surface area contributed by atoms with Crippen molar-refractivity contribution in [2.24, 2.45) is 0 Å². The lowest BCUT2D eigenvalue weighted by molar-refractivity contribution is 0.162. The molecule has 1 unspecified atom stereocenters. The fourth-order valence-corrected chi connectivity index (χ4v) is 3.38. The summed E-state index contributed by atoms with van der Waals surface area (Å²) in [5.74, 6) is 0. The molecule has 0 radical (unpaired) electrons. The van der Waals surface area contributed by atoms with Crippen LogP contribution in [0.25, 0.3) is 0 Å². The predicted molar refractivity (Wildman–Crippen MR) is 89.5 cm³/mol. The third-order valence-electron chi connectivity index (χ3n) is 4.57. The molecule has 0 aromatic heterocycles. The summed E-state index contributed by atoms with van der Waals surface area (Å²) in [5.41, 5.74) is 3.32. The molecule has 0 amide bonds. The van der Waals surface area contributed by atoms with Crippen LogP contribution in [0.4, 0.5) is 0 Å². The minimum absolute atomic E-state index is 0.371. The molecule has 1 aliphatic rings. The zero-order chi connectivity index (χ0) is 15.2. The molecule has 0 aliphatic carbocycles. The summed E-state index contributed by atoms with van der Waals surface area (Å²) in [6, 6.07) is 21.4. The molecule has 0 spiro atoms. The van der Waals surface area contributed by atoms with Crippen LogP contribution in [0.15, 0.2) is 54.6 Å². The SMILES string of the molecule is N#Cc1ccccc1CC(c1ccccc1)N1CCCCC1. The number of hydrogen-bond acceptors (Lipinski definition) is 2. The Balaban J connectivity index is 1.90. The lowest BCUT2D eigenvalue weighted by Gasteiger charge is -2.35. The predicted octanol–water partition coefficient (Wildman–Crippen LogP) is 4.33.